The summed E-state index contributed by atoms with van der Waals surface area (Å²) in [5.74, 6) is 0. The Bertz CT molecular complexity index is 392. The Kier molecular flexibility index (Phi) is 4.83. The second kappa shape index (κ2) is 6.38. The van der Waals surface area contributed by atoms with Crippen LogP contribution in [0.2, 0.25) is 5.02 Å². The first-order chi connectivity index (χ1) is 8.76. The van der Waals surface area contributed by atoms with Gasteiger partial charge in [0.15, 0.2) is 0 Å². The van der Waals surface area contributed by atoms with Gasteiger partial charge in [0.2, 0.25) is 0 Å². The highest BCUT2D eigenvalue weighted by atomic mass is 35.5. The Balaban J connectivity index is 2.09. The van der Waals surface area contributed by atoms with Gasteiger partial charge in [-0.2, -0.15) is 0 Å². The highest BCUT2D eigenvalue weighted by molar-refractivity contribution is 6.33. The van der Waals surface area contributed by atoms with E-state index in [2.05, 4.69) is 9.80 Å². The van der Waals surface area contributed by atoms with E-state index in [1.165, 1.54) is 0 Å². The number of aliphatic hydroxyl groups is 1. The Labute approximate surface area is 113 Å². The van der Waals surface area contributed by atoms with Crippen molar-refractivity contribution in [2.24, 2.45) is 5.73 Å². The predicted octanol–water partition coefficient (Wildman–Crippen LogP) is 0.913. The average molecular weight is 270 g/mol. The zero-order valence-electron chi connectivity index (χ0n) is 10.5. The lowest BCUT2D eigenvalue weighted by Crippen LogP contribution is -2.47. The molecule has 1 aliphatic rings. The fourth-order valence-electron chi connectivity index (χ4n) is 2.42. The van der Waals surface area contributed by atoms with Gasteiger partial charge in [0.1, 0.15) is 0 Å². The first-order valence-electron chi connectivity index (χ1n) is 6.32. The maximum atomic E-state index is 8.93. The maximum absolute atomic E-state index is 8.93. The van der Waals surface area contributed by atoms with Gasteiger partial charge in [0, 0.05) is 39.3 Å². The van der Waals surface area contributed by atoms with Gasteiger partial charge in [-0.15, -0.1) is 0 Å². The monoisotopic (exact) mass is 269 g/mol. The van der Waals surface area contributed by atoms with Crippen LogP contribution in [-0.2, 0) is 6.54 Å². The highest BCUT2D eigenvalue weighted by Gasteiger charge is 2.20. The second-order valence-corrected chi connectivity index (χ2v) is 4.91. The second-order valence-electron chi connectivity index (χ2n) is 4.50. The van der Waals surface area contributed by atoms with Crippen molar-refractivity contribution in [2.45, 2.75) is 6.54 Å². The molecule has 1 aromatic carbocycles. The Hall–Kier alpha value is -0.810. The van der Waals surface area contributed by atoms with Gasteiger partial charge < -0.3 is 15.7 Å². The molecular formula is C13H20ClN3O. The molecule has 1 aromatic rings. The summed E-state index contributed by atoms with van der Waals surface area (Å²) in [4.78, 5) is 4.55. The zero-order valence-corrected chi connectivity index (χ0v) is 11.2. The minimum Gasteiger partial charge on any atom is -0.395 e. The summed E-state index contributed by atoms with van der Waals surface area (Å²) in [6.07, 6.45) is 0. The quantitative estimate of drug-likeness (QED) is 0.853. The SMILES string of the molecule is NCc1cccc(Cl)c1N1CCN(CCO)CC1. The molecule has 0 aliphatic carbocycles. The van der Waals surface area contributed by atoms with Crippen LogP contribution < -0.4 is 10.6 Å². The predicted molar refractivity (Wildman–Crippen MR) is 75.1 cm³/mol. The smallest absolute Gasteiger partial charge is 0.0642 e. The molecule has 18 heavy (non-hydrogen) atoms. The molecule has 0 aromatic heterocycles. The third-order valence-corrected chi connectivity index (χ3v) is 3.70. The summed E-state index contributed by atoms with van der Waals surface area (Å²) in [5, 5.41) is 9.71. The molecule has 0 radical (unpaired) electrons. The molecule has 2 rings (SSSR count). The fourth-order valence-corrected chi connectivity index (χ4v) is 2.73. The Morgan fingerprint density at radius 3 is 2.56 bits per heavy atom. The van der Waals surface area contributed by atoms with E-state index in [9.17, 15) is 0 Å². The van der Waals surface area contributed by atoms with Crippen LogP contribution in [0.15, 0.2) is 18.2 Å². The van der Waals surface area contributed by atoms with Crippen LogP contribution in [-0.4, -0.2) is 49.3 Å². The number of rotatable bonds is 4. The van der Waals surface area contributed by atoms with Gasteiger partial charge in [-0.05, 0) is 11.6 Å². The number of nitrogens with zero attached hydrogens (tertiary/aromatic N) is 2. The summed E-state index contributed by atoms with van der Waals surface area (Å²) >= 11 is 6.29. The summed E-state index contributed by atoms with van der Waals surface area (Å²) < 4.78 is 0. The topological polar surface area (TPSA) is 52.7 Å². The number of piperazine rings is 1. The van der Waals surface area contributed by atoms with Crippen molar-refractivity contribution in [2.75, 3.05) is 44.2 Å². The van der Waals surface area contributed by atoms with Gasteiger partial charge in [-0.3, -0.25) is 4.90 Å². The number of β-amino-alcohol motifs (C(OH)–C–C–N with tert-alkyl or cyclic N) is 1. The van der Waals surface area contributed by atoms with Crippen LogP contribution in [0.4, 0.5) is 5.69 Å². The number of benzene rings is 1. The third kappa shape index (κ3) is 2.95. The van der Waals surface area contributed by atoms with E-state index in [-0.39, 0.29) is 6.61 Å². The van der Waals surface area contributed by atoms with Crippen LogP contribution in [0.5, 0.6) is 0 Å². The molecule has 0 bridgehead atoms. The Morgan fingerprint density at radius 1 is 1.22 bits per heavy atom. The zero-order chi connectivity index (χ0) is 13.0. The average Bonchev–Trinajstić information content (AvgIpc) is 2.40. The summed E-state index contributed by atoms with van der Waals surface area (Å²) in [5.41, 5.74) is 7.94. The fraction of sp³-hybridized carbons (Fsp3) is 0.538. The van der Waals surface area contributed by atoms with Crippen LogP contribution in [0.3, 0.4) is 0 Å². The van der Waals surface area contributed by atoms with E-state index >= 15 is 0 Å². The van der Waals surface area contributed by atoms with Gasteiger partial charge in [0.25, 0.3) is 0 Å². The lowest BCUT2D eigenvalue weighted by molar-refractivity contribution is 0.188. The molecule has 100 valence electrons. The number of hydrogen-bond acceptors (Lipinski definition) is 4. The first-order valence-corrected chi connectivity index (χ1v) is 6.69. The van der Waals surface area contributed by atoms with Gasteiger partial charge in [-0.25, -0.2) is 0 Å². The number of nitrogens with two attached hydrogens (primary N) is 1. The van der Waals surface area contributed by atoms with E-state index in [4.69, 9.17) is 22.4 Å². The number of hydrogen-bond donors (Lipinski definition) is 2. The van der Waals surface area contributed by atoms with Crippen LogP contribution in [0.1, 0.15) is 5.56 Å². The van der Waals surface area contributed by atoms with Gasteiger partial charge >= 0.3 is 0 Å². The molecule has 4 nitrogen and oxygen atoms in total. The largest absolute Gasteiger partial charge is 0.395 e. The van der Waals surface area contributed by atoms with Gasteiger partial charge in [-0.1, -0.05) is 23.7 Å². The lowest BCUT2D eigenvalue weighted by atomic mass is 10.1. The molecule has 1 fully saturated rings. The molecule has 0 unspecified atom stereocenters. The van der Waals surface area contributed by atoms with E-state index in [0.717, 1.165) is 49.0 Å². The third-order valence-electron chi connectivity index (χ3n) is 3.40. The minimum absolute atomic E-state index is 0.222. The van der Waals surface area contributed by atoms with E-state index in [1.54, 1.807) is 0 Å². The summed E-state index contributed by atoms with van der Waals surface area (Å²) in [6, 6.07) is 5.88. The number of anilines is 1. The summed E-state index contributed by atoms with van der Waals surface area (Å²) in [7, 11) is 0. The van der Waals surface area contributed by atoms with Gasteiger partial charge in [0.05, 0.1) is 17.3 Å². The number of halogens is 1. The van der Waals surface area contributed by atoms with E-state index in [1.807, 2.05) is 18.2 Å². The van der Waals surface area contributed by atoms with Crippen molar-refractivity contribution >= 4 is 17.3 Å². The highest BCUT2D eigenvalue weighted by Crippen LogP contribution is 2.30. The molecular weight excluding hydrogens is 250 g/mol. The van der Waals surface area contributed by atoms with Crippen LogP contribution in [0.25, 0.3) is 0 Å². The lowest BCUT2D eigenvalue weighted by Gasteiger charge is -2.37. The van der Waals surface area contributed by atoms with Crippen LogP contribution >= 0.6 is 11.6 Å². The molecule has 1 aliphatic heterocycles. The number of para-hydroxylation sites is 1. The van der Waals surface area contributed by atoms with E-state index in [0.29, 0.717) is 6.54 Å². The molecule has 0 saturated carbocycles. The standard InChI is InChI=1S/C13H20ClN3O/c14-12-3-1-2-11(10-15)13(12)17-6-4-16(5-7-17)8-9-18/h1-3,18H,4-10,15H2. The molecule has 0 atom stereocenters. The van der Waals surface area contributed by atoms with Crippen molar-refractivity contribution in [3.63, 3.8) is 0 Å². The molecule has 0 spiro atoms. The normalized spacial score (nSPS) is 17.2. The van der Waals surface area contributed by atoms with Crippen molar-refractivity contribution < 1.29 is 5.11 Å². The first kappa shape index (κ1) is 13.6. The number of aliphatic hydroxyl groups excluding tert-OH is 1. The molecule has 3 N–H and O–H groups in total. The summed E-state index contributed by atoms with van der Waals surface area (Å²) in [6.45, 7) is 5.24. The van der Waals surface area contributed by atoms with Crippen molar-refractivity contribution in [1.29, 1.82) is 0 Å². The Morgan fingerprint density at radius 2 is 1.94 bits per heavy atom. The molecule has 5 heteroatoms. The molecule has 1 heterocycles. The van der Waals surface area contributed by atoms with Crippen molar-refractivity contribution in [3.05, 3.63) is 28.8 Å². The van der Waals surface area contributed by atoms with Crippen molar-refractivity contribution in [3.8, 4) is 0 Å². The maximum Gasteiger partial charge on any atom is 0.0642 e. The minimum atomic E-state index is 0.222. The van der Waals surface area contributed by atoms with Crippen LogP contribution in [0, 0.1) is 0 Å². The molecule has 0 amide bonds. The van der Waals surface area contributed by atoms with Crippen molar-refractivity contribution in [1.82, 2.24) is 4.90 Å². The molecule has 1 saturated heterocycles. The van der Waals surface area contributed by atoms with E-state index < -0.39 is 0 Å².